The zero-order chi connectivity index (χ0) is 14.2. The predicted octanol–water partition coefficient (Wildman–Crippen LogP) is 3.92. The topological polar surface area (TPSA) is 42.2 Å². The molecule has 3 heterocycles. The maximum Gasteiger partial charge on any atom is 0.246 e. The minimum atomic E-state index is 0.542. The van der Waals surface area contributed by atoms with Crippen LogP contribution in [0.25, 0.3) is 10.7 Å². The van der Waals surface area contributed by atoms with Crippen LogP contribution in [-0.2, 0) is 6.54 Å². The molecule has 106 valence electrons. The van der Waals surface area contributed by atoms with E-state index >= 15 is 0 Å². The molecular weight excluding hydrogens is 282 g/mol. The Balaban J connectivity index is 1.58. The fraction of sp³-hybridized carbons (Fsp3) is 0.250. The molecule has 5 heteroatoms. The summed E-state index contributed by atoms with van der Waals surface area (Å²) in [6.45, 7) is 3.92. The SMILES string of the molecule is CC1CN(Cc2nc(-c3cccs3)no2)c2ccccc21. The normalized spacial score (nSPS) is 17.2. The highest BCUT2D eigenvalue weighted by Crippen LogP contribution is 2.36. The number of hydrogen-bond donors (Lipinski definition) is 0. The Bertz CT molecular complexity index is 750. The Hall–Kier alpha value is -2.14. The van der Waals surface area contributed by atoms with Gasteiger partial charge in [-0.05, 0) is 23.1 Å². The largest absolute Gasteiger partial charge is 0.361 e. The van der Waals surface area contributed by atoms with Crippen LogP contribution in [0.15, 0.2) is 46.3 Å². The van der Waals surface area contributed by atoms with E-state index in [1.165, 1.54) is 11.3 Å². The van der Waals surface area contributed by atoms with Crippen molar-refractivity contribution >= 4 is 17.0 Å². The molecule has 2 aromatic heterocycles. The van der Waals surface area contributed by atoms with Crippen molar-refractivity contribution in [2.45, 2.75) is 19.4 Å². The molecule has 1 unspecified atom stereocenters. The van der Waals surface area contributed by atoms with Crippen molar-refractivity contribution in [3.63, 3.8) is 0 Å². The molecule has 21 heavy (non-hydrogen) atoms. The van der Waals surface area contributed by atoms with Gasteiger partial charge in [0.1, 0.15) is 0 Å². The molecule has 1 aromatic carbocycles. The first-order valence-corrected chi connectivity index (χ1v) is 7.89. The second-order valence-electron chi connectivity index (χ2n) is 5.33. The van der Waals surface area contributed by atoms with Crippen molar-refractivity contribution < 1.29 is 4.52 Å². The summed E-state index contributed by atoms with van der Waals surface area (Å²) in [5.41, 5.74) is 2.68. The van der Waals surface area contributed by atoms with E-state index in [0.717, 1.165) is 11.4 Å². The highest BCUT2D eigenvalue weighted by molar-refractivity contribution is 7.13. The number of anilines is 1. The second kappa shape index (κ2) is 5.00. The third kappa shape index (κ3) is 2.23. The lowest BCUT2D eigenvalue weighted by molar-refractivity contribution is 0.377. The first-order valence-electron chi connectivity index (χ1n) is 7.01. The molecule has 1 aliphatic heterocycles. The molecule has 0 bridgehead atoms. The zero-order valence-corrected chi connectivity index (χ0v) is 12.5. The standard InChI is InChI=1S/C16H15N3OS/c1-11-9-19(13-6-3-2-5-12(11)13)10-15-17-16(18-20-15)14-7-4-8-21-14/h2-8,11H,9-10H2,1H3. The van der Waals surface area contributed by atoms with Crippen LogP contribution in [0, 0.1) is 0 Å². The fourth-order valence-electron chi connectivity index (χ4n) is 2.86. The van der Waals surface area contributed by atoms with Gasteiger partial charge in [-0.1, -0.05) is 36.3 Å². The number of para-hydroxylation sites is 1. The van der Waals surface area contributed by atoms with Gasteiger partial charge in [-0.15, -0.1) is 11.3 Å². The monoisotopic (exact) mass is 297 g/mol. The molecule has 4 rings (SSSR count). The summed E-state index contributed by atoms with van der Waals surface area (Å²) in [6.07, 6.45) is 0. The van der Waals surface area contributed by atoms with Crippen molar-refractivity contribution in [3.8, 4) is 10.7 Å². The Morgan fingerprint density at radius 2 is 2.19 bits per heavy atom. The molecule has 0 saturated carbocycles. The molecule has 0 fully saturated rings. The van der Waals surface area contributed by atoms with Crippen molar-refractivity contribution in [2.75, 3.05) is 11.4 Å². The molecule has 0 N–H and O–H groups in total. The van der Waals surface area contributed by atoms with Gasteiger partial charge in [0.2, 0.25) is 11.7 Å². The van der Waals surface area contributed by atoms with Crippen LogP contribution in [-0.4, -0.2) is 16.7 Å². The molecule has 0 amide bonds. The first-order chi connectivity index (χ1) is 10.3. The quantitative estimate of drug-likeness (QED) is 0.735. The van der Waals surface area contributed by atoms with Crippen LogP contribution in [0.4, 0.5) is 5.69 Å². The fourth-order valence-corrected chi connectivity index (χ4v) is 3.51. The van der Waals surface area contributed by atoms with E-state index in [9.17, 15) is 0 Å². The number of hydrogen-bond acceptors (Lipinski definition) is 5. The lowest BCUT2D eigenvalue weighted by atomic mass is 10.0. The predicted molar refractivity (Wildman–Crippen MR) is 83.5 cm³/mol. The van der Waals surface area contributed by atoms with E-state index in [1.54, 1.807) is 11.3 Å². The molecule has 0 radical (unpaired) electrons. The van der Waals surface area contributed by atoms with Gasteiger partial charge in [0.25, 0.3) is 0 Å². The minimum Gasteiger partial charge on any atom is -0.361 e. The number of benzene rings is 1. The number of nitrogens with zero attached hydrogens (tertiary/aromatic N) is 3. The van der Waals surface area contributed by atoms with Crippen LogP contribution in [0.2, 0.25) is 0 Å². The Morgan fingerprint density at radius 3 is 3.05 bits per heavy atom. The molecule has 0 saturated heterocycles. The van der Waals surface area contributed by atoms with Crippen molar-refractivity contribution in [1.82, 2.24) is 10.1 Å². The van der Waals surface area contributed by atoms with Gasteiger partial charge in [-0.3, -0.25) is 0 Å². The van der Waals surface area contributed by atoms with Gasteiger partial charge < -0.3 is 9.42 Å². The number of fused-ring (bicyclic) bond motifs is 1. The van der Waals surface area contributed by atoms with E-state index in [4.69, 9.17) is 4.52 Å². The van der Waals surface area contributed by atoms with E-state index in [1.807, 2.05) is 17.5 Å². The number of rotatable bonds is 3. The highest BCUT2D eigenvalue weighted by atomic mass is 32.1. The summed E-state index contributed by atoms with van der Waals surface area (Å²) in [5.74, 6) is 1.89. The second-order valence-corrected chi connectivity index (χ2v) is 6.28. The molecule has 0 aliphatic carbocycles. The van der Waals surface area contributed by atoms with Gasteiger partial charge in [0, 0.05) is 18.2 Å². The summed E-state index contributed by atoms with van der Waals surface area (Å²) < 4.78 is 5.40. The number of thiophene rings is 1. The van der Waals surface area contributed by atoms with Crippen LogP contribution < -0.4 is 4.90 Å². The third-order valence-electron chi connectivity index (χ3n) is 3.84. The maximum absolute atomic E-state index is 5.40. The van der Waals surface area contributed by atoms with Crippen LogP contribution in [0.1, 0.15) is 24.3 Å². The van der Waals surface area contributed by atoms with Crippen molar-refractivity contribution in [2.24, 2.45) is 0 Å². The zero-order valence-electron chi connectivity index (χ0n) is 11.7. The minimum absolute atomic E-state index is 0.542. The third-order valence-corrected chi connectivity index (χ3v) is 4.70. The van der Waals surface area contributed by atoms with Crippen LogP contribution in [0.3, 0.4) is 0 Å². The summed E-state index contributed by atoms with van der Waals surface area (Å²) >= 11 is 1.62. The summed E-state index contributed by atoms with van der Waals surface area (Å²) in [6, 6.07) is 12.5. The van der Waals surface area contributed by atoms with E-state index in [0.29, 0.717) is 24.2 Å². The lowest BCUT2D eigenvalue weighted by Gasteiger charge is -2.16. The molecule has 3 aromatic rings. The van der Waals surface area contributed by atoms with Gasteiger partial charge in [-0.25, -0.2) is 0 Å². The van der Waals surface area contributed by atoms with E-state index < -0.39 is 0 Å². The summed E-state index contributed by atoms with van der Waals surface area (Å²) in [4.78, 5) is 7.86. The van der Waals surface area contributed by atoms with E-state index in [2.05, 4.69) is 46.2 Å². The average Bonchev–Trinajstić information content (AvgIpc) is 3.21. The molecule has 4 nitrogen and oxygen atoms in total. The van der Waals surface area contributed by atoms with Crippen molar-refractivity contribution in [3.05, 3.63) is 53.2 Å². The van der Waals surface area contributed by atoms with E-state index in [-0.39, 0.29) is 0 Å². The van der Waals surface area contributed by atoms with Crippen LogP contribution in [0.5, 0.6) is 0 Å². The Morgan fingerprint density at radius 1 is 1.29 bits per heavy atom. The van der Waals surface area contributed by atoms with Gasteiger partial charge in [0.15, 0.2) is 0 Å². The number of aromatic nitrogens is 2. The van der Waals surface area contributed by atoms with Gasteiger partial charge >= 0.3 is 0 Å². The Labute approximate surface area is 127 Å². The molecular formula is C16H15N3OS. The van der Waals surface area contributed by atoms with Crippen LogP contribution >= 0.6 is 11.3 Å². The van der Waals surface area contributed by atoms with Crippen molar-refractivity contribution in [1.29, 1.82) is 0 Å². The summed E-state index contributed by atoms with van der Waals surface area (Å²) in [5, 5.41) is 6.09. The Kier molecular flexibility index (Phi) is 3.00. The first kappa shape index (κ1) is 12.6. The maximum atomic E-state index is 5.40. The smallest absolute Gasteiger partial charge is 0.246 e. The summed E-state index contributed by atoms with van der Waals surface area (Å²) in [7, 11) is 0. The average molecular weight is 297 g/mol. The molecule has 1 aliphatic rings. The highest BCUT2D eigenvalue weighted by Gasteiger charge is 2.26. The molecule has 1 atom stereocenters. The van der Waals surface area contributed by atoms with Gasteiger partial charge in [0.05, 0.1) is 11.4 Å². The van der Waals surface area contributed by atoms with Gasteiger partial charge in [-0.2, -0.15) is 4.98 Å². The lowest BCUT2D eigenvalue weighted by Crippen LogP contribution is -2.20. The molecule has 0 spiro atoms.